The number of benzene rings is 1. The minimum Gasteiger partial charge on any atom is -0.384 e. The van der Waals surface area contributed by atoms with Crippen molar-refractivity contribution in [1.29, 1.82) is 0 Å². The average Bonchev–Trinajstić information content (AvgIpc) is 3.34. The molecule has 2 aliphatic carbocycles. The summed E-state index contributed by atoms with van der Waals surface area (Å²) >= 11 is 6.16. The van der Waals surface area contributed by atoms with E-state index < -0.39 is 21.5 Å². The van der Waals surface area contributed by atoms with Crippen LogP contribution in [-0.4, -0.2) is 26.4 Å². The molecule has 1 amide bonds. The summed E-state index contributed by atoms with van der Waals surface area (Å²) in [5, 5.41) is 3.21. The van der Waals surface area contributed by atoms with Crippen molar-refractivity contribution < 1.29 is 13.2 Å². The minimum absolute atomic E-state index is 0.0741. The highest BCUT2D eigenvalue weighted by Crippen LogP contribution is 2.38. The van der Waals surface area contributed by atoms with Gasteiger partial charge in [-0.05, 0) is 50.7 Å². The number of halogens is 1. The van der Waals surface area contributed by atoms with Crippen LogP contribution in [0.4, 0.5) is 5.69 Å². The molecule has 0 atom stereocenters. The number of nitrogens with two attached hydrogens (primary N) is 1. The van der Waals surface area contributed by atoms with E-state index in [-0.39, 0.29) is 15.5 Å². The summed E-state index contributed by atoms with van der Waals surface area (Å²) in [6.07, 6.45) is 3.88. The quantitative estimate of drug-likeness (QED) is 0.695. The van der Waals surface area contributed by atoms with Crippen molar-refractivity contribution in [2.24, 2.45) is 11.7 Å². The molecule has 2 saturated carbocycles. The Morgan fingerprint density at radius 1 is 1.39 bits per heavy atom. The van der Waals surface area contributed by atoms with E-state index in [0.29, 0.717) is 11.6 Å². The van der Waals surface area contributed by atoms with E-state index >= 15 is 0 Å². The smallest absolute Gasteiger partial charge is 0.250 e. The van der Waals surface area contributed by atoms with E-state index in [0.717, 1.165) is 32.2 Å². The van der Waals surface area contributed by atoms with Gasteiger partial charge in [-0.2, -0.15) is 0 Å². The number of hydrogen-bond acceptors (Lipinski definition) is 4. The van der Waals surface area contributed by atoms with Crippen molar-refractivity contribution in [1.82, 2.24) is 4.72 Å². The maximum absolute atomic E-state index is 12.5. The molecule has 0 spiro atoms. The van der Waals surface area contributed by atoms with Crippen molar-refractivity contribution in [3.8, 4) is 0 Å². The molecule has 6 nitrogen and oxygen atoms in total. The molecule has 0 bridgehead atoms. The average molecular weight is 358 g/mol. The van der Waals surface area contributed by atoms with Gasteiger partial charge in [0.15, 0.2) is 0 Å². The molecule has 1 aromatic rings. The molecule has 2 aliphatic rings. The van der Waals surface area contributed by atoms with Gasteiger partial charge in [0.2, 0.25) is 10.0 Å². The van der Waals surface area contributed by atoms with Crippen molar-refractivity contribution in [3.05, 3.63) is 22.7 Å². The third-order valence-electron chi connectivity index (χ3n) is 4.29. The van der Waals surface area contributed by atoms with E-state index in [9.17, 15) is 13.2 Å². The van der Waals surface area contributed by atoms with Crippen LogP contribution < -0.4 is 15.8 Å². The molecule has 1 aromatic carbocycles. The van der Waals surface area contributed by atoms with Gasteiger partial charge < -0.3 is 11.1 Å². The Morgan fingerprint density at radius 2 is 2.04 bits per heavy atom. The number of hydrogen-bond donors (Lipinski definition) is 3. The summed E-state index contributed by atoms with van der Waals surface area (Å²) in [6.45, 7) is 2.55. The molecule has 0 radical (unpaired) electrons. The van der Waals surface area contributed by atoms with Crippen LogP contribution in [0.2, 0.25) is 5.02 Å². The number of carbonyl (C=O) groups excluding carboxylic acids is 1. The molecule has 8 heteroatoms. The van der Waals surface area contributed by atoms with Crippen LogP contribution in [0, 0.1) is 5.92 Å². The number of carbonyl (C=O) groups is 1. The highest BCUT2D eigenvalue weighted by atomic mass is 35.5. The van der Waals surface area contributed by atoms with Crippen molar-refractivity contribution in [2.45, 2.75) is 43.0 Å². The van der Waals surface area contributed by atoms with E-state index in [2.05, 4.69) is 10.0 Å². The maximum Gasteiger partial charge on any atom is 0.250 e. The van der Waals surface area contributed by atoms with Gasteiger partial charge in [0.25, 0.3) is 5.91 Å². The fourth-order valence-corrected chi connectivity index (χ4v) is 4.37. The van der Waals surface area contributed by atoms with E-state index in [1.54, 1.807) is 0 Å². The van der Waals surface area contributed by atoms with Crippen molar-refractivity contribution in [3.63, 3.8) is 0 Å². The standard InChI is InChI=1S/C15H20ClN3O3S/c1-15(4-5-15)19-23(21,22)13-6-10(14(17)20)12(7-11(13)16)18-8-9-2-3-9/h6-7,9,18-19H,2-5,8H2,1H3,(H2,17,20). The molecule has 0 unspecified atom stereocenters. The predicted octanol–water partition coefficient (Wildman–Crippen LogP) is 2.09. The molecule has 126 valence electrons. The van der Waals surface area contributed by atoms with Gasteiger partial charge >= 0.3 is 0 Å². The lowest BCUT2D eigenvalue weighted by atomic mass is 10.1. The van der Waals surface area contributed by atoms with Crippen molar-refractivity contribution >= 4 is 33.2 Å². The summed E-state index contributed by atoms with van der Waals surface area (Å²) < 4.78 is 27.6. The molecule has 4 N–H and O–H groups in total. The van der Waals surface area contributed by atoms with Gasteiger partial charge in [0, 0.05) is 17.8 Å². The van der Waals surface area contributed by atoms with Crippen LogP contribution in [0.15, 0.2) is 17.0 Å². The molecule has 2 fully saturated rings. The SMILES string of the molecule is CC1(NS(=O)(=O)c2cc(C(N)=O)c(NCC3CC3)cc2Cl)CC1. The number of nitrogens with one attached hydrogen (secondary N) is 2. The molecule has 0 saturated heterocycles. The highest BCUT2D eigenvalue weighted by molar-refractivity contribution is 7.89. The molecule has 3 rings (SSSR count). The number of sulfonamides is 1. The predicted molar refractivity (Wildman–Crippen MR) is 89.1 cm³/mol. The Balaban J connectivity index is 1.93. The molecule has 0 heterocycles. The normalized spacial score (nSPS) is 19.4. The number of anilines is 1. The fourth-order valence-electron chi connectivity index (χ4n) is 2.35. The van der Waals surface area contributed by atoms with E-state index in [4.69, 9.17) is 17.3 Å². The Bertz CT molecular complexity index is 755. The minimum atomic E-state index is -3.80. The zero-order valence-corrected chi connectivity index (χ0v) is 14.4. The Labute approximate surface area is 140 Å². The third-order valence-corrected chi connectivity index (χ3v) is 6.39. The summed E-state index contributed by atoms with van der Waals surface area (Å²) in [6, 6.07) is 2.72. The zero-order chi connectivity index (χ0) is 16.8. The van der Waals surface area contributed by atoms with Crippen LogP contribution >= 0.6 is 11.6 Å². The van der Waals surface area contributed by atoms with E-state index in [1.165, 1.54) is 12.1 Å². The summed E-state index contributed by atoms with van der Waals surface area (Å²) in [5.74, 6) is -0.0940. The largest absolute Gasteiger partial charge is 0.384 e. The van der Waals surface area contributed by atoms with Crippen LogP contribution in [-0.2, 0) is 10.0 Å². The number of primary amides is 1. The van der Waals surface area contributed by atoms with Gasteiger partial charge in [0.1, 0.15) is 4.90 Å². The zero-order valence-electron chi connectivity index (χ0n) is 12.9. The topological polar surface area (TPSA) is 101 Å². The lowest BCUT2D eigenvalue weighted by Crippen LogP contribution is -2.34. The number of amides is 1. The second kappa shape index (κ2) is 5.65. The summed E-state index contributed by atoms with van der Waals surface area (Å²) in [5.41, 5.74) is 5.60. The van der Waals surface area contributed by atoms with Crippen LogP contribution in [0.25, 0.3) is 0 Å². The van der Waals surface area contributed by atoms with E-state index in [1.807, 2.05) is 6.92 Å². The number of rotatable bonds is 7. The first-order valence-corrected chi connectivity index (χ1v) is 9.47. The summed E-state index contributed by atoms with van der Waals surface area (Å²) in [4.78, 5) is 11.6. The molecule has 23 heavy (non-hydrogen) atoms. The maximum atomic E-state index is 12.5. The van der Waals surface area contributed by atoms with Gasteiger partial charge in [0.05, 0.1) is 10.6 Å². The summed E-state index contributed by atoms with van der Waals surface area (Å²) in [7, 11) is -3.80. The molecular weight excluding hydrogens is 338 g/mol. The van der Waals surface area contributed by atoms with Crippen molar-refractivity contribution in [2.75, 3.05) is 11.9 Å². The van der Waals surface area contributed by atoms with Gasteiger partial charge in [-0.25, -0.2) is 13.1 Å². The second-order valence-electron chi connectivity index (χ2n) is 6.68. The molecule has 0 aromatic heterocycles. The van der Waals surface area contributed by atoms with Crippen LogP contribution in [0.3, 0.4) is 0 Å². The van der Waals surface area contributed by atoms with Gasteiger partial charge in [-0.15, -0.1) is 0 Å². The van der Waals surface area contributed by atoms with Crippen LogP contribution in [0.1, 0.15) is 43.0 Å². The monoisotopic (exact) mass is 357 g/mol. The van der Waals surface area contributed by atoms with Gasteiger partial charge in [-0.1, -0.05) is 11.6 Å². The van der Waals surface area contributed by atoms with Crippen LogP contribution in [0.5, 0.6) is 0 Å². The Hall–Kier alpha value is -1.31. The first-order chi connectivity index (χ1) is 10.7. The first-order valence-electron chi connectivity index (χ1n) is 7.61. The Morgan fingerprint density at radius 3 is 2.57 bits per heavy atom. The van der Waals surface area contributed by atoms with Gasteiger partial charge in [-0.3, -0.25) is 4.79 Å². The highest BCUT2D eigenvalue weighted by Gasteiger charge is 2.42. The lowest BCUT2D eigenvalue weighted by Gasteiger charge is -2.16. The molecular formula is C15H20ClN3O3S. The fraction of sp³-hybridized carbons (Fsp3) is 0.533. The molecule has 0 aliphatic heterocycles. The third kappa shape index (κ3) is 3.79. The second-order valence-corrected chi connectivity index (χ2v) is 8.74. The Kier molecular flexibility index (Phi) is 4.06. The lowest BCUT2D eigenvalue weighted by molar-refractivity contribution is 0.100. The first kappa shape index (κ1) is 16.5.